The van der Waals surface area contributed by atoms with Crippen molar-refractivity contribution in [1.29, 1.82) is 0 Å². The third-order valence-electron chi connectivity index (χ3n) is 2.10. The van der Waals surface area contributed by atoms with E-state index in [9.17, 15) is 9.90 Å². The fourth-order valence-corrected chi connectivity index (χ4v) is 1.23. The van der Waals surface area contributed by atoms with Crippen molar-refractivity contribution in [2.45, 2.75) is 6.04 Å². The number of ether oxygens (including phenoxy) is 2. The minimum absolute atomic E-state index is 0.429. The van der Waals surface area contributed by atoms with Crippen LogP contribution in [-0.4, -0.2) is 20.2 Å². The second kappa shape index (κ2) is 4.65. The normalized spacial score (nSPS) is 11.9. The van der Waals surface area contributed by atoms with Crippen LogP contribution < -0.4 is 20.3 Å². The number of rotatable bonds is 4. The summed E-state index contributed by atoms with van der Waals surface area (Å²) in [6.07, 6.45) is 0. The first kappa shape index (κ1) is 11.3. The molecule has 0 radical (unpaired) electrons. The first-order valence-corrected chi connectivity index (χ1v) is 4.36. The van der Waals surface area contributed by atoms with E-state index in [1.807, 2.05) is 0 Å². The smallest absolute Gasteiger partial charge is 0.154 e. The van der Waals surface area contributed by atoms with Crippen LogP contribution >= 0.6 is 0 Å². The molecule has 0 bridgehead atoms. The van der Waals surface area contributed by atoms with E-state index in [-0.39, 0.29) is 0 Å². The Kier molecular flexibility index (Phi) is 3.51. The lowest BCUT2D eigenvalue weighted by Gasteiger charge is -2.14. The number of aliphatic carboxylic acids is 1. The average molecular weight is 211 g/mol. The Morgan fingerprint density at radius 1 is 1.40 bits per heavy atom. The van der Waals surface area contributed by atoms with E-state index in [4.69, 9.17) is 9.47 Å². The summed E-state index contributed by atoms with van der Waals surface area (Å²) < 4.78 is 10.0. The molecule has 0 aliphatic carbocycles. The number of hydrogen-bond donors (Lipinski definition) is 1. The van der Waals surface area contributed by atoms with E-state index in [1.54, 1.807) is 18.2 Å². The maximum absolute atomic E-state index is 10.7. The fraction of sp³-hybridized carbons (Fsp3) is 0.300. The number of carboxylic acids is 1. The third-order valence-corrected chi connectivity index (χ3v) is 2.10. The number of carbonyl (C=O) groups excluding carboxylic acids is 1. The maximum Gasteiger partial charge on any atom is 0.154 e. The van der Waals surface area contributed by atoms with Crippen LogP contribution in [0.2, 0.25) is 0 Å². The largest absolute Gasteiger partial charge is 0.544 e. The summed E-state index contributed by atoms with van der Waals surface area (Å²) in [5.74, 6) is -0.210. The van der Waals surface area contributed by atoms with Gasteiger partial charge in [0.2, 0.25) is 0 Å². The molecule has 0 saturated heterocycles. The predicted molar refractivity (Wildman–Crippen MR) is 50.2 cm³/mol. The second-order valence-electron chi connectivity index (χ2n) is 2.98. The molecule has 0 aromatic heterocycles. The van der Waals surface area contributed by atoms with Gasteiger partial charge in [-0.2, -0.15) is 0 Å². The van der Waals surface area contributed by atoms with Gasteiger partial charge in [-0.25, -0.2) is 0 Å². The maximum atomic E-state index is 10.7. The highest BCUT2D eigenvalue weighted by molar-refractivity contribution is 5.73. The first-order chi connectivity index (χ1) is 7.10. The Hall–Kier alpha value is -1.75. The standard InChI is InChI=1S/C10H13NO4/c1-14-6-3-4-7(8(5-6)15-2)9(11)10(12)13/h3-5,9H,11H2,1-2H3,(H,12,13)/t9-/m1/s1. The molecule has 5 nitrogen and oxygen atoms in total. The summed E-state index contributed by atoms with van der Waals surface area (Å²) in [6.45, 7) is 0. The van der Waals surface area contributed by atoms with Crippen molar-refractivity contribution in [3.63, 3.8) is 0 Å². The third kappa shape index (κ3) is 2.38. The van der Waals surface area contributed by atoms with Gasteiger partial charge in [0.25, 0.3) is 0 Å². The van der Waals surface area contributed by atoms with Gasteiger partial charge in [0.05, 0.1) is 19.8 Å². The van der Waals surface area contributed by atoms with Gasteiger partial charge in [-0.05, 0) is 12.1 Å². The second-order valence-corrected chi connectivity index (χ2v) is 2.98. The first-order valence-electron chi connectivity index (χ1n) is 4.36. The Morgan fingerprint density at radius 2 is 2.07 bits per heavy atom. The van der Waals surface area contributed by atoms with Crippen LogP contribution in [0, 0.1) is 0 Å². The van der Waals surface area contributed by atoms with Gasteiger partial charge >= 0.3 is 0 Å². The van der Waals surface area contributed by atoms with Crippen molar-refractivity contribution in [3.8, 4) is 11.5 Å². The van der Waals surface area contributed by atoms with Gasteiger partial charge < -0.3 is 25.1 Å². The molecule has 0 amide bonds. The summed E-state index contributed by atoms with van der Waals surface area (Å²) in [6, 6.07) is 3.91. The van der Waals surface area contributed by atoms with Crippen LogP contribution in [0.15, 0.2) is 18.2 Å². The highest BCUT2D eigenvalue weighted by atomic mass is 16.5. The van der Waals surface area contributed by atoms with Crippen LogP contribution in [0.4, 0.5) is 0 Å². The minimum atomic E-state index is -1.24. The van der Waals surface area contributed by atoms with Gasteiger partial charge in [0.1, 0.15) is 17.5 Å². The zero-order valence-electron chi connectivity index (χ0n) is 8.65. The van der Waals surface area contributed by atoms with Crippen molar-refractivity contribution in [1.82, 2.24) is 0 Å². The predicted octanol–water partition coefficient (Wildman–Crippen LogP) is -1.26. The zero-order valence-corrected chi connectivity index (χ0v) is 8.65. The summed E-state index contributed by atoms with van der Waals surface area (Å²) in [7, 11) is 2.98. The van der Waals surface area contributed by atoms with E-state index in [0.717, 1.165) is 0 Å². The van der Waals surface area contributed by atoms with E-state index < -0.39 is 12.0 Å². The van der Waals surface area contributed by atoms with Gasteiger partial charge in [0, 0.05) is 6.07 Å². The van der Waals surface area contributed by atoms with Crippen molar-refractivity contribution in [2.75, 3.05) is 14.2 Å². The lowest BCUT2D eigenvalue weighted by molar-refractivity contribution is -0.443. The lowest BCUT2D eigenvalue weighted by Crippen LogP contribution is -2.61. The minimum Gasteiger partial charge on any atom is -0.544 e. The summed E-state index contributed by atoms with van der Waals surface area (Å²) in [5, 5.41) is 10.7. The molecule has 0 aliphatic rings. The van der Waals surface area contributed by atoms with E-state index in [1.165, 1.54) is 14.2 Å². The molecule has 0 heterocycles. The molecular formula is C10H13NO4. The molecule has 0 saturated carbocycles. The van der Waals surface area contributed by atoms with Crippen LogP contribution in [0.25, 0.3) is 0 Å². The van der Waals surface area contributed by atoms with E-state index >= 15 is 0 Å². The molecule has 0 unspecified atom stereocenters. The molecular weight excluding hydrogens is 198 g/mol. The number of carbonyl (C=O) groups is 1. The molecule has 0 aliphatic heterocycles. The molecule has 82 valence electrons. The number of hydrogen-bond acceptors (Lipinski definition) is 4. The van der Waals surface area contributed by atoms with Crippen molar-refractivity contribution < 1.29 is 25.1 Å². The molecule has 3 N–H and O–H groups in total. The summed E-state index contributed by atoms with van der Waals surface area (Å²) >= 11 is 0. The van der Waals surface area contributed by atoms with Gasteiger partial charge in [-0.1, -0.05) is 0 Å². The van der Waals surface area contributed by atoms with Crippen molar-refractivity contribution in [2.24, 2.45) is 0 Å². The van der Waals surface area contributed by atoms with Crippen LogP contribution in [0.5, 0.6) is 11.5 Å². The number of benzene rings is 1. The van der Waals surface area contributed by atoms with Crippen molar-refractivity contribution in [3.05, 3.63) is 23.8 Å². The highest BCUT2D eigenvalue weighted by Crippen LogP contribution is 2.27. The number of methoxy groups -OCH3 is 2. The molecule has 1 aromatic carbocycles. The van der Waals surface area contributed by atoms with E-state index in [2.05, 4.69) is 5.73 Å². The Morgan fingerprint density at radius 3 is 2.53 bits per heavy atom. The molecule has 15 heavy (non-hydrogen) atoms. The molecule has 1 rings (SSSR count). The zero-order chi connectivity index (χ0) is 11.4. The topological polar surface area (TPSA) is 86.2 Å². The Bertz CT molecular complexity index is 364. The average Bonchev–Trinajstić information content (AvgIpc) is 2.27. The summed E-state index contributed by atoms with van der Waals surface area (Å²) in [4.78, 5) is 10.7. The lowest BCUT2D eigenvalue weighted by atomic mass is 10.1. The molecule has 0 spiro atoms. The van der Waals surface area contributed by atoms with Gasteiger partial charge in [-0.15, -0.1) is 0 Å². The molecule has 1 aromatic rings. The molecule has 1 atom stereocenters. The number of carboxylic acid groups (broad SMARTS) is 1. The van der Waals surface area contributed by atoms with Crippen LogP contribution in [-0.2, 0) is 4.79 Å². The highest BCUT2D eigenvalue weighted by Gasteiger charge is 2.16. The van der Waals surface area contributed by atoms with Gasteiger partial charge in [0.15, 0.2) is 6.04 Å². The van der Waals surface area contributed by atoms with Gasteiger partial charge in [-0.3, -0.25) is 0 Å². The van der Waals surface area contributed by atoms with Crippen LogP contribution in [0.1, 0.15) is 11.6 Å². The summed E-state index contributed by atoms with van der Waals surface area (Å²) in [5.41, 5.74) is 3.96. The SMILES string of the molecule is COc1ccc([C@@H]([NH3+])C(=O)[O-])c(OC)c1. The monoisotopic (exact) mass is 211 g/mol. The quantitative estimate of drug-likeness (QED) is 0.673. The van der Waals surface area contributed by atoms with Crippen molar-refractivity contribution >= 4 is 5.97 Å². The molecule has 0 fully saturated rings. The Labute approximate surface area is 87.4 Å². The molecule has 5 heteroatoms. The Balaban J connectivity index is 3.12. The fourth-order valence-electron chi connectivity index (χ4n) is 1.23. The van der Waals surface area contributed by atoms with E-state index in [0.29, 0.717) is 17.1 Å². The van der Waals surface area contributed by atoms with Crippen LogP contribution in [0.3, 0.4) is 0 Å². The number of quaternary nitrogens is 1.